The van der Waals surface area contributed by atoms with E-state index >= 15 is 0 Å². The van der Waals surface area contributed by atoms with Crippen molar-refractivity contribution in [3.05, 3.63) is 17.8 Å². The van der Waals surface area contributed by atoms with Crippen LogP contribution in [0.3, 0.4) is 0 Å². The summed E-state index contributed by atoms with van der Waals surface area (Å²) in [6.45, 7) is 4.16. The van der Waals surface area contributed by atoms with Crippen LogP contribution in [0.15, 0.2) is 10.6 Å². The van der Waals surface area contributed by atoms with Gasteiger partial charge in [-0.05, 0) is 38.5 Å². The van der Waals surface area contributed by atoms with Crippen LogP contribution in [-0.2, 0) is 4.74 Å². The predicted molar refractivity (Wildman–Crippen MR) is 68.8 cm³/mol. The molecule has 0 atom stereocenters. The lowest BCUT2D eigenvalue weighted by molar-refractivity contribution is 0.00317. The molecule has 2 fully saturated rings. The van der Waals surface area contributed by atoms with Crippen LogP contribution >= 0.6 is 0 Å². The van der Waals surface area contributed by atoms with Crippen molar-refractivity contribution in [1.82, 2.24) is 9.88 Å². The molecule has 104 valence electrons. The fraction of sp³-hybridized carbons (Fsp3) is 0.714. The Bertz CT molecular complexity index is 445. The summed E-state index contributed by atoms with van der Waals surface area (Å²) < 4.78 is 11.1. The van der Waals surface area contributed by atoms with Gasteiger partial charge in [0.1, 0.15) is 5.76 Å². The van der Waals surface area contributed by atoms with Gasteiger partial charge in [-0.25, -0.2) is 4.98 Å². The molecule has 0 radical (unpaired) electrons. The Labute approximate surface area is 112 Å². The zero-order chi connectivity index (χ0) is 13.2. The van der Waals surface area contributed by atoms with Gasteiger partial charge in [-0.15, -0.1) is 0 Å². The Morgan fingerprint density at radius 3 is 2.74 bits per heavy atom. The van der Waals surface area contributed by atoms with E-state index in [1.165, 1.54) is 12.8 Å². The van der Waals surface area contributed by atoms with Crippen LogP contribution in [-0.4, -0.2) is 41.6 Å². The lowest BCUT2D eigenvalue weighted by atomic mass is 10.1. The highest BCUT2D eigenvalue weighted by Crippen LogP contribution is 2.30. The van der Waals surface area contributed by atoms with Gasteiger partial charge in [0.05, 0.1) is 12.3 Å². The lowest BCUT2D eigenvalue weighted by Crippen LogP contribution is -2.41. The number of nitrogens with zero attached hydrogens (tertiary/aromatic N) is 2. The van der Waals surface area contributed by atoms with E-state index in [4.69, 9.17) is 9.15 Å². The van der Waals surface area contributed by atoms with Crippen LogP contribution in [0, 0.1) is 12.8 Å². The van der Waals surface area contributed by atoms with E-state index in [2.05, 4.69) is 4.98 Å². The molecule has 5 nitrogen and oxygen atoms in total. The molecular weight excluding hydrogens is 244 g/mol. The molecule has 0 spiro atoms. The predicted octanol–water partition coefficient (Wildman–Crippen LogP) is 2.01. The monoisotopic (exact) mass is 264 g/mol. The summed E-state index contributed by atoms with van der Waals surface area (Å²) in [6.07, 6.45) is 6.37. The fourth-order valence-corrected chi connectivity index (χ4v) is 2.37. The van der Waals surface area contributed by atoms with E-state index in [0.717, 1.165) is 38.5 Å². The maximum absolute atomic E-state index is 12.1. The third-order valence-electron chi connectivity index (χ3n) is 3.80. The Morgan fingerprint density at radius 1 is 1.42 bits per heavy atom. The van der Waals surface area contributed by atoms with Gasteiger partial charge in [0.2, 0.25) is 0 Å². The number of likely N-dealkylation sites (tertiary alicyclic amines) is 1. The van der Waals surface area contributed by atoms with Crippen LogP contribution < -0.4 is 0 Å². The van der Waals surface area contributed by atoms with Crippen molar-refractivity contribution in [2.75, 3.05) is 19.7 Å². The van der Waals surface area contributed by atoms with Gasteiger partial charge in [-0.3, -0.25) is 4.79 Å². The van der Waals surface area contributed by atoms with E-state index in [1.54, 1.807) is 13.1 Å². The van der Waals surface area contributed by atoms with E-state index in [1.807, 2.05) is 4.90 Å². The molecule has 3 rings (SSSR count). The van der Waals surface area contributed by atoms with Crippen LogP contribution in [0.5, 0.6) is 0 Å². The summed E-state index contributed by atoms with van der Waals surface area (Å²) in [5.41, 5.74) is 0. The lowest BCUT2D eigenvalue weighted by Gasteiger charge is -2.31. The molecule has 1 aliphatic carbocycles. The van der Waals surface area contributed by atoms with Gasteiger partial charge >= 0.3 is 5.91 Å². The normalized spacial score (nSPS) is 20.8. The summed E-state index contributed by atoms with van der Waals surface area (Å²) in [6, 6.07) is 0. The fourth-order valence-electron chi connectivity index (χ4n) is 2.37. The summed E-state index contributed by atoms with van der Waals surface area (Å²) in [5.74, 6) is 1.57. The second kappa shape index (κ2) is 5.33. The van der Waals surface area contributed by atoms with Crippen LogP contribution in [0.1, 0.15) is 42.1 Å². The number of carbonyl (C=O) groups excluding carboxylic acids is 1. The van der Waals surface area contributed by atoms with Gasteiger partial charge in [-0.2, -0.15) is 0 Å². The number of aromatic nitrogens is 1. The highest BCUT2D eigenvalue weighted by atomic mass is 16.5. The second-order valence-corrected chi connectivity index (χ2v) is 5.54. The molecule has 5 heteroatoms. The highest BCUT2D eigenvalue weighted by molar-refractivity contribution is 5.89. The molecule has 1 amide bonds. The third-order valence-corrected chi connectivity index (χ3v) is 3.80. The van der Waals surface area contributed by atoms with Crippen molar-refractivity contribution >= 4 is 5.91 Å². The molecule has 2 heterocycles. The van der Waals surface area contributed by atoms with Crippen molar-refractivity contribution in [3.8, 4) is 0 Å². The Kier molecular flexibility index (Phi) is 3.55. The average molecular weight is 264 g/mol. The topological polar surface area (TPSA) is 55.6 Å². The number of oxazole rings is 1. The molecule has 0 bridgehead atoms. The van der Waals surface area contributed by atoms with Crippen molar-refractivity contribution in [2.45, 2.75) is 38.7 Å². The molecule has 1 saturated heterocycles. The van der Waals surface area contributed by atoms with Crippen LogP contribution in [0.2, 0.25) is 0 Å². The zero-order valence-corrected chi connectivity index (χ0v) is 11.3. The molecule has 0 aromatic carbocycles. The van der Waals surface area contributed by atoms with Gasteiger partial charge in [0.25, 0.3) is 5.89 Å². The number of hydrogen-bond donors (Lipinski definition) is 0. The molecule has 1 aromatic rings. The van der Waals surface area contributed by atoms with E-state index in [0.29, 0.717) is 11.9 Å². The summed E-state index contributed by atoms with van der Waals surface area (Å²) in [5, 5.41) is 0. The first-order chi connectivity index (χ1) is 9.22. The molecule has 0 unspecified atom stereocenters. The number of ether oxygens (including phenoxy) is 1. The van der Waals surface area contributed by atoms with Crippen LogP contribution in [0.4, 0.5) is 0 Å². The standard InChI is InChI=1S/C14H20N2O3/c1-10-8-15-13(19-10)14(17)16-6-4-12(5-7-16)18-9-11-2-3-11/h8,11-12H,2-7,9H2,1H3. The molecule has 1 aromatic heterocycles. The first-order valence-corrected chi connectivity index (χ1v) is 7.05. The first kappa shape index (κ1) is 12.7. The SMILES string of the molecule is Cc1cnc(C(=O)N2CCC(OCC3CC3)CC2)o1. The molecule has 1 saturated carbocycles. The number of piperidine rings is 1. The van der Waals surface area contributed by atoms with Crippen molar-refractivity contribution < 1.29 is 13.9 Å². The summed E-state index contributed by atoms with van der Waals surface area (Å²) in [4.78, 5) is 17.9. The molecule has 2 aliphatic rings. The quantitative estimate of drug-likeness (QED) is 0.834. The number of carbonyl (C=O) groups is 1. The maximum atomic E-state index is 12.1. The number of hydrogen-bond acceptors (Lipinski definition) is 4. The van der Waals surface area contributed by atoms with Gasteiger partial charge in [0.15, 0.2) is 0 Å². The van der Waals surface area contributed by atoms with Gasteiger partial charge in [-0.1, -0.05) is 0 Å². The number of aryl methyl sites for hydroxylation is 1. The molecule has 0 N–H and O–H groups in total. The summed E-state index contributed by atoms with van der Waals surface area (Å²) in [7, 11) is 0. The minimum atomic E-state index is -0.103. The van der Waals surface area contributed by atoms with Crippen molar-refractivity contribution in [1.29, 1.82) is 0 Å². The highest BCUT2D eigenvalue weighted by Gasteiger charge is 2.28. The minimum absolute atomic E-state index is 0.103. The van der Waals surface area contributed by atoms with Crippen molar-refractivity contribution in [3.63, 3.8) is 0 Å². The first-order valence-electron chi connectivity index (χ1n) is 7.05. The number of rotatable bonds is 4. The average Bonchev–Trinajstić information content (AvgIpc) is 3.17. The maximum Gasteiger partial charge on any atom is 0.309 e. The molecule has 1 aliphatic heterocycles. The van der Waals surface area contributed by atoms with E-state index < -0.39 is 0 Å². The van der Waals surface area contributed by atoms with E-state index in [9.17, 15) is 4.79 Å². The largest absolute Gasteiger partial charge is 0.438 e. The van der Waals surface area contributed by atoms with E-state index in [-0.39, 0.29) is 11.8 Å². The van der Waals surface area contributed by atoms with Crippen molar-refractivity contribution in [2.24, 2.45) is 5.92 Å². The molecular formula is C14H20N2O3. The second-order valence-electron chi connectivity index (χ2n) is 5.54. The minimum Gasteiger partial charge on any atom is -0.438 e. The molecule has 19 heavy (non-hydrogen) atoms. The Hall–Kier alpha value is -1.36. The third kappa shape index (κ3) is 3.15. The van der Waals surface area contributed by atoms with Gasteiger partial charge < -0.3 is 14.1 Å². The van der Waals surface area contributed by atoms with Gasteiger partial charge in [0, 0.05) is 19.7 Å². The number of amides is 1. The summed E-state index contributed by atoms with van der Waals surface area (Å²) >= 11 is 0. The Balaban J connectivity index is 1.47. The smallest absolute Gasteiger partial charge is 0.309 e. The van der Waals surface area contributed by atoms with Crippen LogP contribution in [0.25, 0.3) is 0 Å². The zero-order valence-electron chi connectivity index (χ0n) is 11.3. The Morgan fingerprint density at radius 2 is 2.16 bits per heavy atom.